The highest BCUT2D eigenvalue weighted by Gasteiger charge is 2.35. The molecular weight excluding hydrogens is 368 g/mol. The predicted octanol–water partition coefficient (Wildman–Crippen LogP) is 0.324. The van der Waals surface area contributed by atoms with E-state index in [9.17, 15) is 19.5 Å². The van der Waals surface area contributed by atoms with E-state index in [1.807, 2.05) is 0 Å². The van der Waals surface area contributed by atoms with Crippen molar-refractivity contribution in [2.75, 3.05) is 19.0 Å². The minimum atomic E-state index is -0.874. The largest absolute Gasteiger partial charge is 0.497 e. The van der Waals surface area contributed by atoms with E-state index < -0.39 is 35.7 Å². The number of urea groups is 1. The molecule has 0 aliphatic carbocycles. The normalized spacial score (nSPS) is 21.3. The van der Waals surface area contributed by atoms with Crippen LogP contribution in [-0.2, 0) is 4.74 Å². The number of aryl methyl sites for hydroxylation is 1. The van der Waals surface area contributed by atoms with E-state index in [2.05, 4.69) is 15.6 Å². The van der Waals surface area contributed by atoms with Gasteiger partial charge in [-0.2, -0.15) is 0 Å². The second kappa shape index (κ2) is 8.28. The molecule has 1 aromatic carbocycles. The number of nitrogens with zero attached hydrogens (tertiary/aromatic N) is 1. The Kier molecular flexibility index (Phi) is 5.81. The number of nitrogens with one attached hydrogen (secondary N) is 3. The number of ether oxygens (including phenoxy) is 2. The van der Waals surface area contributed by atoms with Crippen molar-refractivity contribution in [2.45, 2.75) is 31.8 Å². The second-order valence-electron chi connectivity index (χ2n) is 6.48. The SMILES string of the molecule is COc1cccc(NC(=O)NC[C@H]2O[C@H](n3cc(C)c(=O)[nH]c3=O)C[C@@H]2O)c1. The van der Waals surface area contributed by atoms with Gasteiger partial charge in [0.1, 0.15) is 18.1 Å². The van der Waals surface area contributed by atoms with Crippen molar-refractivity contribution in [1.29, 1.82) is 0 Å². The zero-order valence-electron chi connectivity index (χ0n) is 15.5. The van der Waals surface area contributed by atoms with Crippen molar-refractivity contribution in [3.8, 4) is 5.75 Å². The standard InChI is InChI=1S/C18H22N4O6/c1-10-9-22(18(26)21-16(10)24)15-7-13(23)14(28-15)8-19-17(25)20-11-4-3-5-12(6-11)27-2/h3-6,9,13-15,23H,7-8H2,1-2H3,(H2,19,20,25)(H,21,24,26)/t13-,14+,15-/m0/s1. The highest BCUT2D eigenvalue weighted by Crippen LogP contribution is 2.27. The number of aromatic nitrogens is 2. The van der Waals surface area contributed by atoms with Crippen LogP contribution in [0.5, 0.6) is 5.75 Å². The average molecular weight is 390 g/mol. The van der Waals surface area contributed by atoms with Crippen molar-refractivity contribution < 1.29 is 19.4 Å². The molecule has 150 valence electrons. The number of carbonyl (C=O) groups excluding carboxylic acids is 1. The molecule has 1 saturated heterocycles. The molecule has 28 heavy (non-hydrogen) atoms. The molecule has 1 aliphatic rings. The lowest BCUT2D eigenvalue weighted by atomic mass is 10.2. The first-order valence-electron chi connectivity index (χ1n) is 8.72. The van der Waals surface area contributed by atoms with Gasteiger partial charge in [-0.05, 0) is 19.1 Å². The third-order valence-corrected chi connectivity index (χ3v) is 4.45. The molecule has 2 amide bonds. The molecule has 4 N–H and O–H groups in total. The van der Waals surface area contributed by atoms with Crippen LogP contribution in [0.25, 0.3) is 0 Å². The number of carbonyl (C=O) groups is 1. The van der Waals surface area contributed by atoms with E-state index in [1.54, 1.807) is 31.2 Å². The molecule has 0 radical (unpaired) electrons. The second-order valence-corrected chi connectivity index (χ2v) is 6.48. The Morgan fingerprint density at radius 2 is 2.21 bits per heavy atom. The molecule has 0 saturated carbocycles. The van der Waals surface area contributed by atoms with Crippen LogP contribution in [0.2, 0.25) is 0 Å². The summed E-state index contributed by atoms with van der Waals surface area (Å²) in [6.07, 6.45) is -0.744. The molecule has 3 rings (SSSR count). The van der Waals surface area contributed by atoms with E-state index in [-0.39, 0.29) is 13.0 Å². The number of hydrogen-bond acceptors (Lipinski definition) is 6. The number of aliphatic hydroxyl groups is 1. The first-order valence-corrected chi connectivity index (χ1v) is 8.72. The lowest BCUT2D eigenvalue weighted by Gasteiger charge is -2.17. The molecular formula is C18H22N4O6. The fraction of sp³-hybridized carbons (Fsp3) is 0.389. The Bertz CT molecular complexity index is 969. The number of anilines is 1. The first-order chi connectivity index (χ1) is 13.4. The van der Waals surface area contributed by atoms with Crippen molar-refractivity contribution >= 4 is 11.7 Å². The molecule has 3 atom stereocenters. The van der Waals surface area contributed by atoms with E-state index in [0.717, 1.165) is 0 Å². The fourth-order valence-corrected chi connectivity index (χ4v) is 2.94. The Morgan fingerprint density at radius 3 is 2.96 bits per heavy atom. The Labute approximate surface area is 160 Å². The van der Waals surface area contributed by atoms with Gasteiger partial charge in [0.25, 0.3) is 5.56 Å². The van der Waals surface area contributed by atoms with Gasteiger partial charge in [0.2, 0.25) is 0 Å². The lowest BCUT2D eigenvalue weighted by molar-refractivity contribution is -0.0178. The van der Waals surface area contributed by atoms with Crippen molar-refractivity contribution in [2.24, 2.45) is 0 Å². The van der Waals surface area contributed by atoms with Crippen LogP contribution in [0.3, 0.4) is 0 Å². The van der Waals surface area contributed by atoms with E-state index >= 15 is 0 Å². The van der Waals surface area contributed by atoms with Crippen LogP contribution < -0.4 is 26.6 Å². The van der Waals surface area contributed by atoms with Crippen LogP contribution in [0.4, 0.5) is 10.5 Å². The summed E-state index contributed by atoms with van der Waals surface area (Å²) in [5, 5.41) is 15.5. The van der Waals surface area contributed by atoms with Gasteiger partial charge in [-0.3, -0.25) is 14.3 Å². The molecule has 1 fully saturated rings. The topological polar surface area (TPSA) is 135 Å². The number of amides is 2. The Balaban J connectivity index is 1.58. The van der Waals surface area contributed by atoms with Crippen LogP contribution in [0.15, 0.2) is 40.1 Å². The Morgan fingerprint density at radius 1 is 1.43 bits per heavy atom. The van der Waals surface area contributed by atoms with Gasteiger partial charge in [0, 0.05) is 36.5 Å². The summed E-state index contributed by atoms with van der Waals surface area (Å²) >= 11 is 0. The summed E-state index contributed by atoms with van der Waals surface area (Å²) in [7, 11) is 1.53. The van der Waals surface area contributed by atoms with Crippen molar-refractivity contribution in [1.82, 2.24) is 14.9 Å². The number of hydrogen-bond donors (Lipinski definition) is 4. The van der Waals surface area contributed by atoms with Crippen LogP contribution in [-0.4, -0.2) is 46.6 Å². The quantitative estimate of drug-likeness (QED) is 0.581. The Hall–Kier alpha value is -3.11. The summed E-state index contributed by atoms with van der Waals surface area (Å²) in [5.41, 5.74) is -0.167. The van der Waals surface area contributed by atoms with E-state index in [0.29, 0.717) is 17.0 Å². The minimum Gasteiger partial charge on any atom is -0.497 e. The first kappa shape index (κ1) is 19.6. The highest BCUT2D eigenvalue weighted by atomic mass is 16.5. The lowest BCUT2D eigenvalue weighted by Crippen LogP contribution is -2.39. The number of aliphatic hydroxyl groups excluding tert-OH is 1. The third kappa shape index (κ3) is 4.41. The molecule has 1 aromatic heterocycles. The van der Waals surface area contributed by atoms with Gasteiger partial charge in [-0.1, -0.05) is 6.07 Å². The highest BCUT2D eigenvalue weighted by molar-refractivity contribution is 5.89. The molecule has 1 aliphatic heterocycles. The number of methoxy groups -OCH3 is 1. The summed E-state index contributed by atoms with van der Waals surface area (Å²) in [6, 6.07) is 6.41. The number of benzene rings is 1. The zero-order valence-corrected chi connectivity index (χ0v) is 15.5. The zero-order chi connectivity index (χ0) is 20.3. The van der Waals surface area contributed by atoms with Crippen LogP contribution in [0, 0.1) is 6.92 Å². The van der Waals surface area contributed by atoms with Gasteiger partial charge < -0.3 is 25.2 Å². The van der Waals surface area contributed by atoms with Crippen molar-refractivity contribution in [3.05, 3.63) is 56.9 Å². The van der Waals surface area contributed by atoms with Crippen LogP contribution in [0.1, 0.15) is 18.2 Å². The smallest absolute Gasteiger partial charge is 0.330 e. The molecule has 0 unspecified atom stereocenters. The van der Waals surface area contributed by atoms with Gasteiger partial charge in [0.05, 0.1) is 13.2 Å². The minimum absolute atomic E-state index is 0.0462. The number of aromatic amines is 1. The molecule has 10 heteroatoms. The summed E-state index contributed by atoms with van der Waals surface area (Å²) in [5.74, 6) is 0.608. The molecule has 0 spiro atoms. The summed E-state index contributed by atoms with van der Waals surface area (Å²) in [4.78, 5) is 37.7. The van der Waals surface area contributed by atoms with E-state index in [4.69, 9.17) is 9.47 Å². The maximum atomic E-state index is 12.1. The summed E-state index contributed by atoms with van der Waals surface area (Å²) < 4.78 is 12.0. The molecule has 2 aromatic rings. The van der Waals surface area contributed by atoms with E-state index in [1.165, 1.54) is 17.9 Å². The summed E-state index contributed by atoms with van der Waals surface area (Å²) in [6.45, 7) is 1.62. The van der Waals surface area contributed by atoms with Gasteiger partial charge in [-0.15, -0.1) is 0 Å². The van der Waals surface area contributed by atoms with Crippen LogP contribution >= 0.6 is 0 Å². The monoisotopic (exact) mass is 390 g/mol. The predicted molar refractivity (Wildman–Crippen MR) is 101 cm³/mol. The van der Waals surface area contributed by atoms with Gasteiger partial charge in [0.15, 0.2) is 0 Å². The molecule has 10 nitrogen and oxygen atoms in total. The fourth-order valence-electron chi connectivity index (χ4n) is 2.94. The third-order valence-electron chi connectivity index (χ3n) is 4.45. The maximum absolute atomic E-state index is 12.1. The maximum Gasteiger partial charge on any atom is 0.330 e. The van der Waals surface area contributed by atoms with Crippen molar-refractivity contribution in [3.63, 3.8) is 0 Å². The van der Waals surface area contributed by atoms with Gasteiger partial charge in [-0.25, -0.2) is 9.59 Å². The molecule has 0 bridgehead atoms. The number of H-pyrrole nitrogens is 1. The number of rotatable bonds is 5. The van der Waals surface area contributed by atoms with Gasteiger partial charge >= 0.3 is 11.7 Å². The average Bonchev–Trinajstić information content (AvgIpc) is 3.03. The molecule has 2 heterocycles.